The molecule has 0 spiro atoms. The molecular weight excluding hydrogens is 480 g/mol. The number of nitrogens with one attached hydrogen (secondary N) is 1. The van der Waals surface area contributed by atoms with Gasteiger partial charge in [0, 0.05) is 54.4 Å². The van der Waals surface area contributed by atoms with Gasteiger partial charge in [0.15, 0.2) is 5.78 Å². The third kappa shape index (κ3) is 5.54. The fourth-order valence-corrected chi connectivity index (χ4v) is 5.35. The number of Topliss-reactive ketones (excluding diaryl/α,β-unsaturated/α-hetero) is 1. The van der Waals surface area contributed by atoms with Gasteiger partial charge in [-0.25, -0.2) is 4.98 Å². The Balaban J connectivity index is 1.41. The molecule has 2 aliphatic heterocycles. The molecule has 1 saturated heterocycles. The number of ketones is 1. The molecule has 0 radical (unpaired) electrons. The molecule has 1 aromatic carbocycles. The van der Waals surface area contributed by atoms with E-state index in [-0.39, 0.29) is 24.2 Å². The molecular formula is C30H38N4O4. The summed E-state index contributed by atoms with van der Waals surface area (Å²) in [6.07, 6.45) is 4.97. The maximum atomic E-state index is 13.7. The number of aliphatic carboxylic acids is 1. The van der Waals surface area contributed by atoms with Crippen LogP contribution in [0.2, 0.25) is 0 Å². The molecule has 1 saturated carbocycles. The molecule has 0 unspecified atom stereocenters. The Bertz CT molecular complexity index is 1260. The fourth-order valence-electron chi connectivity index (χ4n) is 5.35. The minimum Gasteiger partial charge on any atom is -0.491 e. The number of fused-ring (bicyclic) bond motifs is 1. The maximum absolute atomic E-state index is 13.7. The highest BCUT2D eigenvalue weighted by molar-refractivity contribution is 6.05. The molecule has 3 heterocycles. The van der Waals surface area contributed by atoms with Crippen molar-refractivity contribution in [2.45, 2.75) is 77.2 Å². The summed E-state index contributed by atoms with van der Waals surface area (Å²) in [5, 5.41) is 17.7. The van der Waals surface area contributed by atoms with E-state index in [4.69, 9.17) is 20.2 Å². The number of carboxylic acids is 1. The van der Waals surface area contributed by atoms with E-state index in [0.29, 0.717) is 42.6 Å². The zero-order valence-electron chi connectivity index (χ0n) is 22.7. The number of hydrogen-bond acceptors (Lipinski definition) is 6. The first kappa shape index (κ1) is 26.2. The van der Waals surface area contributed by atoms with Gasteiger partial charge in [0.2, 0.25) is 0 Å². The Labute approximate surface area is 224 Å². The van der Waals surface area contributed by atoms with Crippen molar-refractivity contribution in [3.8, 4) is 5.75 Å². The molecule has 202 valence electrons. The Morgan fingerprint density at radius 2 is 1.89 bits per heavy atom. The van der Waals surface area contributed by atoms with Crippen molar-refractivity contribution < 1.29 is 19.4 Å². The van der Waals surface area contributed by atoms with Crippen LogP contribution in [0.3, 0.4) is 0 Å². The summed E-state index contributed by atoms with van der Waals surface area (Å²) < 4.78 is 6.25. The van der Waals surface area contributed by atoms with Gasteiger partial charge < -0.3 is 19.6 Å². The summed E-state index contributed by atoms with van der Waals surface area (Å²) in [5.74, 6) is 0.727. The second-order valence-corrected chi connectivity index (χ2v) is 11.8. The molecule has 2 N–H and O–H groups in total. The summed E-state index contributed by atoms with van der Waals surface area (Å²) in [6, 6.07) is 8.01. The minimum atomic E-state index is -0.834. The lowest BCUT2D eigenvalue weighted by atomic mass is 9.84. The lowest BCUT2D eigenvalue weighted by Gasteiger charge is -2.30. The Hall–Kier alpha value is -3.42. The summed E-state index contributed by atoms with van der Waals surface area (Å²) >= 11 is 0. The molecule has 38 heavy (non-hydrogen) atoms. The second kappa shape index (κ2) is 10.4. The van der Waals surface area contributed by atoms with Crippen molar-refractivity contribution in [2.75, 3.05) is 31.1 Å². The zero-order valence-corrected chi connectivity index (χ0v) is 22.7. The molecule has 0 atom stereocenters. The number of ether oxygens (including phenoxy) is 1. The van der Waals surface area contributed by atoms with Gasteiger partial charge in [-0.05, 0) is 55.7 Å². The predicted molar refractivity (Wildman–Crippen MR) is 147 cm³/mol. The number of pyridine rings is 1. The Morgan fingerprint density at radius 3 is 2.55 bits per heavy atom. The number of benzene rings is 1. The second-order valence-electron chi connectivity index (χ2n) is 11.8. The highest BCUT2D eigenvalue weighted by atomic mass is 16.5. The normalized spacial score (nSPS) is 17.2. The maximum Gasteiger partial charge on any atom is 0.303 e. The van der Waals surface area contributed by atoms with Gasteiger partial charge in [-0.1, -0.05) is 26.8 Å². The van der Waals surface area contributed by atoms with Crippen LogP contribution in [0.15, 0.2) is 24.3 Å². The Kier molecular flexibility index (Phi) is 7.16. The Morgan fingerprint density at radius 1 is 1.16 bits per heavy atom. The van der Waals surface area contributed by atoms with Crippen molar-refractivity contribution in [1.82, 2.24) is 9.88 Å². The first-order valence-electron chi connectivity index (χ1n) is 13.8. The number of carbonyl (C=O) groups excluding carboxylic acids is 1. The highest BCUT2D eigenvalue weighted by Gasteiger charge is 2.32. The molecule has 2 fully saturated rings. The molecule has 5 rings (SSSR count). The van der Waals surface area contributed by atoms with E-state index in [1.54, 1.807) is 0 Å². The molecule has 8 nitrogen and oxygen atoms in total. The average Bonchev–Trinajstić information content (AvgIpc) is 3.49. The predicted octanol–water partition coefficient (Wildman–Crippen LogP) is 5.12. The summed E-state index contributed by atoms with van der Waals surface area (Å²) in [4.78, 5) is 33.5. The molecule has 2 aromatic rings. The van der Waals surface area contributed by atoms with Crippen molar-refractivity contribution >= 4 is 23.3 Å². The lowest BCUT2D eigenvalue weighted by molar-refractivity contribution is -0.137. The molecule has 3 aliphatic rings. The van der Waals surface area contributed by atoms with Gasteiger partial charge in [-0.3, -0.25) is 15.0 Å². The summed E-state index contributed by atoms with van der Waals surface area (Å²) in [5.41, 5.74) is 4.95. The lowest BCUT2D eigenvalue weighted by Crippen LogP contribution is -2.31. The molecule has 1 aliphatic carbocycles. The quantitative estimate of drug-likeness (QED) is 0.332. The standard InChI is InChI=1S/C30H38N4O4/c1-30(2,3)22-15-21(16-24(33-12-4-5-13-33)28(22)38-14-6-7-26(36)37)25(35)18-34-17-20-10-11-23(19-8-9-19)32-27(20)29(34)31/h10-11,15-16,19,31H,4-9,12-14,17-18H2,1-3H3,(H,36,37). The number of anilines is 1. The first-order chi connectivity index (χ1) is 18.1. The first-order valence-corrected chi connectivity index (χ1v) is 13.8. The molecule has 0 amide bonds. The number of carbonyl (C=O) groups is 2. The van der Waals surface area contributed by atoms with Crippen molar-refractivity contribution in [3.05, 3.63) is 52.3 Å². The van der Waals surface area contributed by atoms with Crippen molar-refractivity contribution in [2.24, 2.45) is 0 Å². The van der Waals surface area contributed by atoms with Crippen molar-refractivity contribution in [3.63, 3.8) is 0 Å². The van der Waals surface area contributed by atoms with Crippen molar-refractivity contribution in [1.29, 1.82) is 5.41 Å². The summed E-state index contributed by atoms with van der Waals surface area (Å²) in [6.45, 7) is 9.05. The third-order valence-corrected chi connectivity index (χ3v) is 7.66. The van der Waals surface area contributed by atoms with E-state index in [1.807, 2.05) is 17.0 Å². The van der Waals surface area contributed by atoms with Crippen LogP contribution in [0.5, 0.6) is 5.75 Å². The van der Waals surface area contributed by atoms with E-state index < -0.39 is 5.97 Å². The van der Waals surface area contributed by atoms with E-state index in [0.717, 1.165) is 67.0 Å². The number of carboxylic acid groups (broad SMARTS) is 1. The van der Waals surface area contributed by atoms with Crippen LogP contribution in [0.1, 0.15) is 98.1 Å². The monoisotopic (exact) mass is 518 g/mol. The number of hydrogen-bond donors (Lipinski definition) is 2. The highest BCUT2D eigenvalue weighted by Crippen LogP contribution is 2.42. The van der Waals surface area contributed by atoms with Crippen LogP contribution in [-0.4, -0.2) is 58.8 Å². The molecule has 8 heteroatoms. The zero-order chi connectivity index (χ0) is 27.0. The van der Waals surface area contributed by atoms with Gasteiger partial charge in [-0.15, -0.1) is 0 Å². The topological polar surface area (TPSA) is 107 Å². The molecule has 1 aromatic heterocycles. The van der Waals surface area contributed by atoms with Crippen LogP contribution >= 0.6 is 0 Å². The van der Waals surface area contributed by atoms with E-state index in [1.165, 1.54) is 0 Å². The van der Waals surface area contributed by atoms with E-state index in [2.05, 4.69) is 37.8 Å². The van der Waals surface area contributed by atoms with Crippen LogP contribution in [-0.2, 0) is 16.8 Å². The molecule has 0 bridgehead atoms. The van der Waals surface area contributed by atoms with Gasteiger partial charge in [-0.2, -0.15) is 0 Å². The van der Waals surface area contributed by atoms with Crippen LogP contribution < -0.4 is 9.64 Å². The summed E-state index contributed by atoms with van der Waals surface area (Å²) in [7, 11) is 0. The van der Waals surface area contributed by atoms with Gasteiger partial charge >= 0.3 is 5.97 Å². The minimum absolute atomic E-state index is 0.0339. The third-order valence-electron chi connectivity index (χ3n) is 7.66. The van der Waals surface area contributed by atoms with Gasteiger partial charge in [0.1, 0.15) is 17.3 Å². The number of aromatic nitrogens is 1. The van der Waals surface area contributed by atoms with Crippen LogP contribution in [0, 0.1) is 5.41 Å². The fraction of sp³-hybridized carbons (Fsp3) is 0.533. The van der Waals surface area contributed by atoms with Crippen LogP contribution in [0.4, 0.5) is 5.69 Å². The largest absolute Gasteiger partial charge is 0.491 e. The van der Waals surface area contributed by atoms with Gasteiger partial charge in [0.05, 0.1) is 18.8 Å². The number of nitrogens with zero attached hydrogens (tertiary/aromatic N) is 3. The number of amidine groups is 1. The smallest absolute Gasteiger partial charge is 0.303 e. The SMILES string of the molecule is CC(C)(C)c1cc(C(=O)CN2Cc3ccc(C4CC4)nc3C2=N)cc(N2CCCC2)c1OCCCC(=O)O. The van der Waals surface area contributed by atoms with Crippen LogP contribution in [0.25, 0.3) is 0 Å². The number of rotatable bonds is 10. The van der Waals surface area contributed by atoms with E-state index >= 15 is 0 Å². The van der Waals surface area contributed by atoms with E-state index in [9.17, 15) is 9.59 Å². The van der Waals surface area contributed by atoms with Gasteiger partial charge in [0.25, 0.3) is 0 Å². The average molecular weight is 519 g/mol.